The van der Waals surface area contributed by atoms with Gasteiger partial charge in [-0.3, -0.25) is 0 Å². The number of H-pyrrole nitrogens is 1. The van der Waals surface area contributed by atoms with Crippen LogP contribution in [0.1, 0.15) is 18.2 Å². The lowest BCUT2D eigenvalue weighted by Gasteiger charge is -2.07. The number of nitrogens with two attached hydrogens (primary N) is 1. The van der Waals surface area contributed by atoms with E-state index in [2.05, 4.69) is 20.3 Å². The van der Waals surface area contributed by atoms with Crippen molar-refractivity contribution < 1.29 is 4.39 Å². The topological polar surface area (TPSA) is 79.6 Å². The maximum atomic E-state index is 14.7. The number of fused-ring (bicyclic) bond motifs is 1. The van der Waals surface area contributed by atoms with E-state index in [9.17, 15) is 4.39 Å². The molecule has 8 heteroatoms. The molecule has 0 radical (unpaired) electrons. The highest BCUT2D eigenvalue weighted by Gasteiger charge is 2.18. The Kier molecular flexibility index (Phi) is 5.99. The molecule has 0 bridgehead atoms. The second-order valence-electron chi connectivity index (χ2n) is 5.50. The Bertz CT molecular complexity index is 820. The average molecular weight is 370 g/mol. The van der Waals surface area contributed by atoms with Crippen molar-refractivity contribution >= 4 is 40.9 Å². The molecule has 0 saturated heterocycles. The standard InChI is InChI=1S/C16H17ClFN5.ClH/c1-9(19)7-11-13(18)12-14(22-16(17)23-15(12)21-11)20-8-10-5-3-2-4-6-10;/h2-6,9H,7-8,19H2,1H3,(H2,20,21,22,23);1H/t9-;/m0./s1. The number of aromatic amines is 1. The van der Waals surface area contributed by atoms with Crippen LogP contribution in [0.15, 0.2) is 30.3 Å². The summed E-state index contributed by atoms with van der Waals surface area (Å²) in [6.07, 6.45) is 0.387. The van der Waals surface area contributed by atoms with Crippen LogP contribution >= 0.6 is 24.0 Å². The van der Waals surface area contributed by atoms with E-state index >= 15 is 0 Å². The summed E-state index contributed by atoms with van der Waals surface area (Å²) >= 11 is 5.94. The normalized spacial score (nSPS) is 12.0. The van der Waals surface area contributed by atoms with Gasteiger partial charge in [0, 0.05) is 19.0 Å². The lowest BCUT2D eigenvalue weighted by Crippen LogP contribution is -2.18. The molecule has 0 fully saturated rings. The summed E-state index contributed by atoms with van der Waals surface area (Å²) in [5.41, 5.74) is 7.59. The zero-order chi connectivity index (χ0) is 16.4. The van der Waals surface area contributed by atoms with Gasteiger partial charge in [-0.15, -0.1) is 12.4 Å². The van der Waals surface area contributed by atoms with Crippen LogP contribution in [0.4, 0.5) is 10.2 Å². The zero-order valence-corrected chi connectivity index (χ0v) is 14.6. The van der Waals surface area contributed by atoms with Crippen molar-refractivity contribution in [2.45, 2.75) is 25.9 Å². The molecule has 1 atom stereocenters. The Morgan fingerprint density at radius 1 is 1.29 bits per heavy atom. The Morgan fingerprint density at radius 2 is 2.00 bits per heavy atom. The van der Waals surface area contributed by atoms with Gasteiger partial charge in [-0.05, 0) is 24.1 Å². The summed E-state index contributed by atoms with van der Waals surface area (Å²) in [6, 6.07) is 9.61. The Labute approximate surface area is 150 Å². The van der Waals surface area contributed by atoms with E-state index in [1.54, 1.807) is 0 Å². The Morgan fingerprint density at radius 3 is 2.67 bits per heavy atom. The third-order valence-corrected chi connectivity index (χ3v) is 3.63. The Hall–Kier alpha value is -1.89. The summed E-state index contributed by atoms with van der Waals surface area (Å²) in [5, 5.41) is 3.49. The van der Waals surface area contributed by atoms with Crippen molar-refractivity contribution in [1.29, 1.82) is 0 Å². The molecule has 24 heavy (non-hydrogen) atoms. The average Bonchev–Trinajstić information content (AvgIpc) is 2.81. The number of nitrogens with zero attached hydrogens (tertiary/aromatic N) is 2. The number of rotatable bonds is 5. The van der Waals surface area contributed by atoms with E-state index in [1.807, 2.05) is 37.3 Å². The van der Waals surface area contributed by atoms with Crippen molar-refractivity contribution in [3.63, 3.8) is 0 Å². The molecular weight excluding hydrogens is 352 g/mol. The van der Waals surface area contributed by atoms with Crippen molar-refractivity contribution in [1.82, 2.24) is 15.0 Å². The summed E-state index contributed by atoms with van der Waals surface area (Å²) in [4.78, 5) is 11.1. The maximum absolute atomic E-state index is 14.7. The number of nitrogens with one attached hydrogen (secondary N) is 2. The molecule has 0 saturated carbocycles. The molecule has 0 aliphatic rings. The number of aromatic nitrogens is 3. The number of hydrogen-bond donors (Lipinski definition) is 3. The van der Waals surface area contributed by atoms with Crippen LogP contribution in [0.25, 0.3) is 11.0 Å². The van der Waals surface area contributed by atoms with Crippen LogP contribution in [0.5, 0.6) is 0 Å². The van der Waals surface area contributed by atoms with Gasteiger partial charge in [0.25, 0.3) is 0 Å². The molecule has 0 unspecified atom stereocenters. The first-order valence-corrected chi connectivity index (χ1v) is 7.69. The van der Waals surface area contributed by atoms with Crippen LogP contribution in [0.2, 0.25) is 5.28 Å². The molecule has 1 aromatic carbocycles. The highest BCUT2D eigenvalue weighted by Crippen LogP contribution is 2.28. The van der Waals surface area contributed by atoms with E-state index in [0.29, 0.717) is 35.5 Å². The first-order valence-electron chi connectivity index (χ1n) is 7.31. The summed E-state index contributed by atoms with van der Waals surface area (Å²) in [6.45, 7) is 2.33. The number of benzene rings is 1. The molecule has 4 N–H and O–H groups in total. The molecular formula is C16H18Cl2FN5. The van der Waals surface area contributed by atoms with E-state index < -0.39 is 0 Å². The van der Waals surface area contributed by atoms with Crippen molar-refractivity contribution in [3.05, 3.63) is 52.7 Å². The molecule has 5 nitrogen and oxygen atoms in total. The molecule has 0 spiro atoms. The van der Waals surface area contributed by atoms with Gasteiger partial charge in [0.1, 0.15) is 11.5 Å². The SMILES string of the molecule is C[C@H](N)Cc1[nH]c2nc(Cl)nc(NCc3ccccc3)c2c1F.Cl. The van der Waals surface area contributed by atoms with Crippen LogP contribution in [0.3, 0.4) is 0 Å². The van der Waals surface area contributed by atoms with Gasteiger partial charge in [-0.1, -0.05) is 30.3 Å². The van der Waals surface area contributed by atoms with Crippen molar-refractivity contribution in [2.24, 2.45) is 5.73 Å². The lowest BCUT2D eigenvalue weighted by atomic mass is 10.2. The van der Waals surface area contributed by atoms with Crippen LogP contribution < -0.4 is 11.1 Å². The maximum Gasteiger partial charge on any atom is 0.226 e. The Balaban J connectivity index is 0.00000208. The van der Waals surface area contributed by atoms with Crippen LogP contribution in [-0.4, -0.2) is 21.0 Å². The lowest BCUT2D eigenvalue weighted by molar-refractivity contribution is 0.602. The zero-order valence-electron chi connectivity index (χ0n) is 13.0. The predicted molar refractivity (Wildman–Crippen MR) is 97.2 cm³/mol. The van der Waals surface area contributed by atoms with E-state index in [4.69, 9.17) is 17.3 Å². The van der Waals surface area contributed by atoms with E-state index in [-0.39, 0.29) is 29.5 Å². The molecule has 3 aromatic rings. The summed E-state index contributed by atoms with van der Waals surface area (Å²) in [7, 11) is 0. The minimum absolute atomic E-state index is 0. The van der Waals surface area contributed by atoms with Crippen LogP contribution in [0, 0.1) is 5.82 Å². The number of hydrogen-bond acceptors (Lipinski definition) is 4. The number of anilines is 1. The molecule has 2 heterocycles. The van der Waals surface area contributed by atoms with Gasteiger partial charge in [0.05, 0.1) is 11.1 Å². The van der Waals surface area contributed by atoms with Crippen molar-refractivity contribution in [3.8, 4) is 0 Å². The first kappa shape index (κ1) is 18.4. The van der Waals surface area contributed by atoms with Gasteiger partial charge in [-0.2, -0.15) is 9.97 Å². The first-order chi connectivity index (χ1) is 11.0. The van der Waals surface area contributed by atoms with E-state index in [1.165, 1.54) is 0 Å². The van der Waals surface area contributed by atoms with Gasteiger partial charge in [0.2, 0.25) is 5.28 Å². The molecule has 0 aliphatic heterocycles. The second-order valence-corrected chi connectivity index (χ2v) is 5.84. The number of halogens is 3. The second kappa shape index (κ2) is 7.79. The molecule has 3 rings (SSSR count). The molecule has 128 valence electrons. The van der Waals surface area contributed by atoms with Crippen molar-refractivity contribution in [2.75, 3.05) is 5.32 Å². The monoisotopic (exact) mass is 369 g/mol. The van der Waals surface area contributed by atoms with Gasteiger partial charge < -0.3 is 16.0 Å². The van der Waals surface area contributed by atoms with E-state index in [0.717, 1.165) is 5.56 Å². The fourth-order valence-electron chi connectivity index (χ4n) is 2.45. The minimum Gasteiger partial charge on any atom is -0.365 e. The fraction of sp³-hybridized carbons (Fsp3) is 0.250. The predicted octanol–water partition coefficient (Wildman–Crippen LogP) is 3.67. The van der Waals surface area contributed by atoms with Crippen LogP contribution in [-0.2, 0) is 13.0 Å². The van der Waals surface area contributed by atoms with Gasteiger partial charge in [0.15, 0.2) is 5.82 Å². The third kappa shape index (κ3) is 3.95. The highest BCUT2D eigenvalue weighted by molar-refractivity contribution is 6.28. The summed E-state index contributed by atoms with van der Waals surface area (Å²) in [5.74, 6) is -0.0157. The smallest absolute Gasteiger partial charge is 0.226 e. The fourth-order valence-corrected chi connectivity index (χ4v) is 2.62. The summed E-state index contributed by atoms with van der Waals surface area (Å²) < 4.78 is 14.7. The van der Waals surface area contributed by atoms with Gasteiger partial charge >= 0.3 is 0 Å². The third-order valence-electron chi connectivity index (χ3n) is 3.46. The van der Waals surface area contributed by atoms with Gasteiger partial charge in [-0.25, -0.2) is 4.39 Å². The highest BCUT2D eigenvalue weighted by atomic mass is 35.5. The molecule has 0 aliphatic carbocycles. The minimum atomic E-state index is -0.385. The quantitative estimate of drug-likeness (QED) is 0.599. The molecule has 0 amide bonds. The molecule has 2 aromatic heterocycles. The largest absolute Gasteiger partial charge is 0.365 e.